The van der Waals surface area contributed by atoms with E-state index < -0.39 is 20.2 Å². The van der Waals surface area contributed by atoms with Crippen LogP contribution in [0.5, 0.6) is 0 Å². The molecule has 0 radical (unpaired) electrons. The minimum Gasteiger partial charge on any atom is -0.744 e. The molecule has 0 amide bonds. The molecule has 11 heteroatoms. The summed E-state index contributed by atoms with van der Waals surface area (Å²) in [6.45, 7) is 8.15. The van der Waals surface area contributed by atoms with Gasteiger partial charge in [0.15, 0.2) is 5.71 Å². The molecule has 7 rings (SSSR count). The zero-order chi connectivity index (χ0) is 42.9. The zero-order valence-electron chi connectivity index (χ0n) is 34.4. The topological polar surface area (TPSA) is 121 Å². The molecule has 6 aromatic rings. The zero-order valence-corrected chi connectivity index (χ0v) is 36.1. The van der Waals surface area contributed by atoms with Crippen molar-refractivity contribution >= 4 is 70.2 Å². The lowest BCUT2D eigenvalue weighted by molar-refractivity contribution is -0.404. The maximum atomic E-state index is 11.8. The summed E-state index contributed by atoms with van der Waals surface area (Å²) in [6.07, 6.45) is 10.3. The summed E-state index contributed by atoms with van der Waals surface area (Å²) < 4.78 is 70.3. The van der Waals surface area contributed by atoms with Gasteiger partial charge in [-0.3, -0.25) is 4.55 Å². The van der Waals surface area contributed by atoms with Crippen molar-refractivity contribution < 1.29 is 30.5 Å². The van der Waals surface area contributed by atoms with E-state index >= 15 is 0 Å². The molecule has 1 aliphatic carbocycles. The van der Waals surface area contributed by atoms with Crippen molar-refractivity contribution in [1.29, 1.82) is 0 Å². The Hall–Kier alpha value is -6.11. The summed E-state index contributed by atoms with van der Waals surface area (Å²) in [5.41, 5.74) is 11.5. The predicted octanol–water partition coefficient (Wildman–Crippen LogP) is 10.9. The number of anilines is 3. The van der Waals surface area contributed by atoms with Gasteiger partial charge in [0.05, 0.1) is 15.5 Å². The van der Waals surface area contributed by atoms with Gasteiger partial charge in [0.1, 0.15) is 17.2 Å². The van der Waals surface area contributed by atoms with E-state index in [-0.39, 0.29) is 9.79 Å². The molecule has 0 saturated carbocycles. The monoisotopic (exact) mass is 837 g/mol. The van der Waals surface area contributed by atoms with E-state index in [4.69, 9.17) is 0 Å². The number of fused-ring (bicyclic) bond motifs is 2. The quantitative estimate of drug-likeness (QED) is 0.0778. The van der Waals surface area contributed by atoms with E-state index in [2.05, 4.69) is 76.8 Å². The minimum atomic E-state index is -4.56. The van der Waals surface area contributed by atoms with Crippen molar-refractivity contribution in [3.63, 3.8) is 0 Å². The molecule has 0 atom stereocenters. The second-order valence-corrected chi connectivity index (χ2v) is 17.9. The van der Waals surface area contributed by atoms with Gasteiger partial charge in [0.2, 0.25) is 5.69 Å². The normalized spacial score (nSPS) is 15.1. The number of hydrogen-bond acceptors (Lipinski definition) is 7. The fraction of sp³-hybridized carbons (Fsp3) is 0.163. The maximum Gasteiger partial charge on any atom is 0.294 e. The number of hydrogen-bond donors (Lipinski definition) is 1. The van der Waals surface area contributed by atoms with Crippen LogP contribution >= 0.6 is 0 Å². The molecule has 0 saturated heterocycles. The van der Waals surface area contributed by atoms with E-state index in [1.165, 1.54) is 35.4 Å². The fourth-order valence-electron chi connectivity index (χ4n) is 7.88. The van der Waals surface area contributed by atoms with E-state index in [0.717, 1.165) is 80.0 Å². The molecular weight excluding hydrogens is 791 g/mol. The highest BCUT2D eigenvalue weighted by Gasteiger charge is 2.26. The average Bonchev–Trinajstić information content (AvgIpc) is 3.63. The van der Waals surface area contributed by atoms with Crippen LogP contribution in [0.1, 0.15) is 37.8 Å². The number of allylic oxidation sites excluding steroid dienone is 7. The van der Waals surface area contributed by atoms with Crippen molar-refractivity contribution in [2.75, 3.05) is 23.9 Å². The molecular formula is C49H47N3O6S2. The lowest BCUT2D eigenvalue weighted by Gasteiger charge is -2.28. The van der Waals surface area contributed by atoms with Gasteiger partial charge < -0.3 is 14.4 Å². The van der Waals surface area contributed by atoms with Crippen LogP contribution in [0.4, 0.5) is 22.7 Å². The molecule has 0 bridgehead atoms. The second kappa shape index (κ2) is 16.9. The predicted molar refractivity (Wildman–Crippen MR) is 242 cm³/mol. The van der Waals surface area contributed by atoms with Gasteiger partial charge in [0, 0.05) is 54.4 Å². The van der Waals surface area contributed by atoms with E-state index in [1.807, 2.05) is 88.6 Å². The van der Waals surface area contributed by atoms with Gasteiger partial charge in [0.25, 0.3) is 10.1 Å². The van der Waals surface area contributed by atoms with Gasteiger partial charge in [-0.25, -0.2) is 8.42 Å². The molecule has 60 heavy (non-hydrogen) atoms. The lowest BCUT2D eigenvalue weighted by atomic mass is 10.0. The smallest absolute Gasteiger partial charge is 0.294 e. The Kier molecular flexibility index (Phi) is 11.8. The van der Waals surface area contributed by atoms with Crippen LogP contribution in [0.15, 0.2) is 178 Å². The summed E-state index contributed by atoms with van der Waals surface area (Å²) >= 11 is 0. The SMILES string of the molecule is C/C(=C\C=C1/CCC(/C=C/C(C)=[N+](\C)c2ccc3cc(S(=O)(=O)O)ccc3c2C)=C1N(c1ccccc1)c1ccccc1)N(C)c1ccc2cc(S(=O)(=O)[O-])ccc2c1C. The average molecular weight is 838 g/mol. The third-order valence-electron chi connectivity index (χ3n) is 11.4. The molecule has 1 N–H and O–H groups in total. The van der Waals surface area contributed by atoms with Crippen LogP contribution in [0, 0.1) is 13.8 Å². The maximum absolute atomic E-state index is 11.8. The van der Waals surface area contributed by atoms with E-state index in [1.54, 1.807) is 12.1 Å². The van der Waals surface area contributed by atoms with Crippen LogP contribution in [0.25, 0.3) is 21.5 Å². The number of aryl methyl sites for hydroxylation is 2. The van der Waals surface area contributed by atoms with Gasteiger partial charge in [-0.05, 0) is 139 Å². The van der Waals surface area contributed by atoms with Crippen molar-refractivity contribution in [1.82, 2.24) is 0 Å². The molecule has 0 fully saturated rings. The lowest BCUT2D eigenvalue weighted by Crippen LogP contribution is -2.18. The van der Waals surface area contributed by atoms with E-state index in [0.29, 0.717) is 5.39 Å². The molecule has 1 aliphatic rings. The van der Waals surface area contributed by atoms with Crippen molar-refractivity contribution in [2.45, 2.75) is 50.3 Å². The summed E-state index contributed by atoms with van der Waals surface area (Å²) in [5.74, 6) is 0. The van der Waals surface area contributed by atoms with Crippen molar-refractivity contribution in [3.05, 3.63) is 179 Å². The standard InChI is InChI=1S/C49H47N3O6S2/c1-33(50(5)47-29-23-39-31-43(59(53,54)55)25-27-45(39)35(47)3)17-19-37-21-22-38(49(37)52(41-13-9-7-10-14-41)42-15-11-8-12-16-42)20-18-34(2)51(6)48-30-24-40-32-44(60(56,57)58)26-28-46(40)36(48)4/h7-20,23-32H,21-22H2,1-6H3,(H-,53,54,55,56,57,58). The van der Waals surface area contributed by atoms with Gasteiger partial charge >= 0.3 is 0 Å². The first-order valence-corrected chi connectivity index (χ1v) is 22.4. The van der Waals surface area contributed by atoms with Crippen LogP contribution in [-0.4, -0.2) is 50.3 Å². The highest BCUT2D eigenvalue weighted by Crippen LogP contribution is 2.42. The Morgan fingerprint density at radius 2 is 1.30 bits per heavy atom. The molecule has 306 valence electrons. The minimum absolute atomic E-state index is 0.132. The van der Waals surface area contributed by atoms with Crippen molar-refractivity contribution in [3.8, 4) is 0 Å². The molecule has 0 aromatic heterocycles. The Balaban J connectivity index is 1.29. The first-order valence-electron chi connectivity index (χ1n) is 19.5. The van der Waals surface area contributed by atoms with Crippen LogP contribution in [-0.2, 0) is 20.2 Å². The molecule has 0 unspecified atom stereocenters. The third-order valence-corrected chi connectivity index (χ3v) is 13.1. The van der Waals surface area contributed by atoms with Crippen LogP contribution in [0.3, 0.4) is 0 Å². The number of benzene rings is 6. The van der Waals surface area contributed by atoms with Crippen LogP contribution in [0.2, 0.25) is 0 Å². The summed E-state index contributed by atoms with van der Waals surface area (Å²) in [6, 6.07) is 37.5. The summed E-state index contributed by atoms with van der Waals surface area (Å²) in [7, 11) is -4.84. The number of para-hydroxylation sites is 2. The van der Waals surface area contributed by atoms with Crippen LogP contribution < -0.4 is 9.80 Å². The Morgan fingerprint density at radius 3 is 1.90 bits per heavy atom. The van der Waals surface area contributed by atoms with Crippen molar-refractivity contribution in [2.24, 2.45) is 0 Å². The molecule has 6 aromatic carbocycles. The highest BCUT2D eigenvalue weighted by molar-refractivity contribution is 7.86. The first kappa shape index (κ1) is 42.0. The van der Waals surface area contributed by atoms with Gasteiger partial charge in [-0.2, -0.15) is 13.0 Å². The second-order valence-electron chi connectivity index (χ2n) is 15.1. The Labute approximate surface area is 352 Å². The summed E-state index contributed by atoms with van der Waals surface area (Å²) in [4.78, 5) is 4.07. The number of nitrogens with zero attached hydrogens (tertiary/aromatic N) is 3. The molecule has 0 aliphatic heterocycles. The van der Waals surface area contributed by atoms with Gasteiger partial charge in [-0.1, -0.05) is 66.7 Å². The number of rotatable bonds is 11. The molecule has 0 heterocycles. The summed E-state index contributed by atoms with van der Waals surface area (Å²) in [5, 5.41) is 3.20. The molecule has 9 nitrogen and oxygen atoms in total. The largest absolute Gasteiger partial charge is 0.744 e. The molecule has 0 spiro atoms. The first-order chi connectivity index (χ1) is 28.5. The Bertz CT molecular complexity index is 3000. The van der Waals surface area contributed by atoms with Gasteiger partial charge in [-0.15, -0.1) is 0 Å². The Morgan fingerprint density at radius 1 is 0.733 bits per heavy atom. The fourth-order valence-corrected chi connectivity index (χ4v) is 8.90. The third kappa shape index (κ3) is 8.62. The highest BCUT2D eigenvalue weighted by atomic mass is 32.2. The van der Waals surface area contributed by atoms with E-state index in [9.17, 15) is 25.9 Å².